The van der Waals surface area contributed by atoms with Crippen LogP contribution >= 0.6 is 27.5 Å². The molecule has 3 aromatic rings. The summed E-state index contributed by atoms with van der Waals surface area (Å²) < 4.78 is 2.86. The lowest BCUT2D eigenvalue weighted by atomic mass is 10.2. The van der Waals surface area contributed by atoms with Crippen molar-refractivity contribution < 1.29 is 0 Å². The van der Waals surface area contributed by atoms with Crippen LogP contribution in [-0.4, -0.2) is 14.5 Å². The Kier molecular flexibility index (Phi) is 3.46. The minimum atomic E-state index is 0.493. The van der Waals surface area contributed by atoms with Gasteiger partial charge in [-0.3, -0.25) is 4.57 Å². The Hall–Kier alpha value is -1.85. The van der Waals surface area contributed by atoms with Crippen LogP contribution in [0.1, 0.15) is 0 Å². The second kappa shape index (κ2) is 5.26. The molecule has 2 aromatic heterocycles. The van der Waals surface area contributed by atoms with Gasteiger partial charge < -0.3 is 5.73 Å². The third-order valence-electron chi connectivity index (χ3n) is 2.89. The molecule has 0 radical (unpaired) electrons. The van der Waals surface area contributed by atoms with E-state index in [2.05, 4.69) is 25.9 Å². The summed E-state index contributed by atoms with van der Waals surface area (Å²) in [5.41, 5.74) is 8.45. The number of hydrogen-bond acceptors (Lipinski definition) is 3. The lowest BCUT2D eigenvalue weighted by Gasteiger charge is -2.10. The van der Waals surface area contributed by atoms with Gasteiger partial charge in [0.05, 0.1) is 23.9 Å². The minimum absolute atomic E-state index is 0.493. The van der Waals surface area contributed by atoms with Crippen molar-refractivity contribution in [3.05, 3.63) is 58.5 Å². The largest absolute Gasteiger partial charge is 0.384 e. The van der Waals surface area contributed by atoms with Crippen LogP contribution in [0.4, 0.5) is 5.82 Å². The van der Waals surface area contributed by atoms with Crippen LogP contribution in [0, 0.1) is 0 Å². The summed E-state index contributed by atoms with van der Waals surface area (Å²) >= 11 is 9.49. The zero-order valence-corrected chi connectivity index (χ0v) is 12.6. The van der Waals surface area contributed by atoms with Gasteiger partial charge in [0, 0.05) is 21.3 Å². The summed E-state index contributed by atoms with van der Waals surface area (Å²) in [6.07, 6.45) is 5.26. The second-order valence-electron chi connectivity index (χ2n) is 4.22. The number of benzene rings is 1. The van der Waals surface area contributed by atoms with Crippen molar-refractivity contribution in [3.8, 4) is 16.9 Å². The predicted octanol–water partition coefficient (Wildman–Crippen LogP) is 3.93. The molecule has 3 rings (SSSR count). The molecule has 0 bridgehead atoms. The first-order valence-corrected chi connectivity index (χ1v) is 7.02. The Balaban J connectivity index is 2.12. The summed E-state index contributed by atoms with van der Waals surface area (Å²) in [6, 6.07) is 9.31. The summed E-state index contributed by atoms with van der Waals surface area (Å²) in [7, 11) is 0. The maximum Gasteiger partial charge on any atom is 0.123 e. The highest BCUT2D eigenvalue weighted by Crippen LogP contribution is 2.29. The van der Waals surface area contributed by atoms with Gasteiger partial charge in [-0.25, -0.2) is 9.97 Å². The molecule has 6 heteroatoms. The normalized spacial score (nSPS) is 10.7. The molecule has 0 spiro atoms. The van der Waals surface area contributed by atoms with Crippen LogP contribution in [0.5, 0.6) is 0 Å². The molecule has 0 aliphatic heterocycles. The summed E-state index contributed by atoms with van der Waals surface area (Å²) in [4.78, 5) is 8.32. The van der Waals surface area contributed by atoms with E-state index in [0.29, 0.717) is 10.8 Å². The molecule has 2 N–H and O–H groups in total. The Labute approximate surface area is 129 Å². The number of anilines is 1. The molecular formula is C14H10BrClN4. The lowest BCUT2D eigenvalue weighted by molar-refractivity contribution is 1.05. The highest BCUT2D eigenvalue weighted by atomic mass is 79.9. The lowest BCUT2D eigenvalue weighted by Crippen LogP contribution is -1.97. The van der Waals surface area contributed by atoms with E-state index in [0.717, 1.165) is 21.4 Å². The Morgan fingerprint density at radius 3 is 2.70 bits per heavy atom. The maximum absolute atomic E-state index is 5.97. The number of pyridine rings is 1. The van der Waals surface area contributed by atoms with Crippen molar-refractivity contribution in [2.75, 3.05) is 5.73 Å². The molecule has 0 fully saturated rings. The molecule has 20 heavy (non-hydrogen) atoms. The monoisotopic (exact) mass is 348 g/mol. The molecule has 2 heterocycles. The van der Waals surface area contributed by atoms with Crippen LogP contribution in [0.3, 0.4) is 0 Å². The molecule has 0 aliphatic carbocycles. The maximum atomic E-state index is 5.97. The number of hydrogen-bond donors (Lipinski definition) is 1. The van der Waals surface area contributed by atoms with Gasteiger partial charge in [0.1, 0.15) is 5.82 Å². The fourth-order valence-electron chi connectivity index (χ4n) is 1.93. The molecule has 1 aromatic carbocycles. The van der Waals surface area contributed by atoms with Crippen LogP contribution in [0.2, 0.25) is 5.02 Å². The predicted molar refractivity (Wildman–Crippen MR) is 83.9 cm³/mol. The van der Waals surface area contributed by atoms with Crippen LogP contribution in [-0.2, 0) is 0 Å². The topological polar surface area (TPSA) is 56.7 Å². The van der Waals surface area contributed by atoms with E-state index in [1.807, 2.05) is 28.8 Å². The molecule has 0 unspecified atom stereocenters. The molecule has 100 valence electrons. The molecule has 4 nitrogen and oxygen atoms in total. The van der Waals surface area contributed by atoms with Crippen molar-refractivity contribution in [3.63, 3.8) is 0 Å². The number of rotatable bonds is 2. The smallest absolute Gasteiger partial charge is 0.123 e. The van der Waals surface area contributed by atoms with Crippen molar-refractivity contribution in [1.29, 1.82) is 0 Å². The third-order valence-corrected chi connectivity index (χ3v) is 3.76. The van der Waals surface area contributed by atoms with Gasteiger partial charge in [0.25, 0.3) is 0 Å². The molecule has 0 saturated heterocycles. The fourth-order valence-corrected chi connectivity index (χ4v) is 2.81. The number of aromatic nitrogens is 3. The standard InChI is InChI=1S/C14H10BrClN4/c15-11-5-10(16)2-3-12(11)20-8-18-7-13(20)9-1-4-14(17)19-6-9/h1-8H,(H2,17,19). The van der Waals surface area contributed by atoms with E-state index in [1.165, 1.54) is 0 Å². The van der Waals surface area contributed by atoms with Gasteiger partial charge in [-0.15, -0.1) is 0 Å². The quantitative estimate of drug-likeness (QED) is 0.762. The Bertz CT molecular complexity index is 752. The Morgan fingerprint density at radius 2 is 2.00 bits per heavy atom. The van der Waals surface area contributed by atoms with E-state index < -0.39 is 0 Å². The Morgan fingerprint density at radius 1 is 1.15 bits per heavy atom. The first kappa shape index (κ1) is 13.1. The molecule has 0 amide bonds. The van der Waals surface area contributed by atoms with E-state index in [-0.39, 0.29) is 0 Å². The van der Waals surface area contributed by atoms with Gasteiger partial charge in [-0.05, 0) is 46.3 Å². The van der Waals surface area contributed by atoms with Crippen LogP contribution in [0.25, 0.3) is 16.9 Å². The van der Waals surface area contributed by atoms with E-state index in [1.54, 1.807) is 24.8 Å². The summed E-state index contributed by atoms with van der Waals surface area (Å²) in [6.45, 7) is 0. The van der Waals surface area contributed by atoms with Crippen molar-refractivity contribution >= 4 is 33.3 Å². The average Bonchev–Trinajstić information content (AvgIpc) is 2.88. The zero-order chi connectivity index (χ0) is 14.1. The number of nitrogens with zero attached hydrogens (tertiary/aromatic N) is 3. The molecule has 0 atom stereocenters. The van der Waals surface area contributed by atoms with Gasteiger partial charge in [-0.2, -0.15) is 0 Å². The first-order chi connectivity index (χ1) is 9.65. The summed E-state index contributed by atoms with van der Waals surface area (Å²) in [5, 5.41) is 0.677. The minimum Gasteiger partial charge on any atom is -0.384 e. The van der Waals surface area contributed by atoms with Crippen LogP contribution < -0.4 is 5.73 Å². The van der Waals surface area contributed by atoms with Crippen LogP contribution in [0.15, 0.2) is 53.5 Å². The third kappa shape index (κ3) is 2.42. The fraction of sp³-hybridized carbons (Fsp3) is 0. The van der Waals surface area contributed by atoms with Crippen molar-refractivity contribution in [2.24, 2.45) is 0 Å². The van der Waals surface area contributed by atoms with Gasteiger partial charge in [0.15, 0.2) is 0 Å². The number of imidazole rings is 1. The molecule has 0 aliphatic rings. The zero-order valence-electron chi connectivity index (χ0n) is 10.3. The average molecular weight is 350 g/mol. The summed E-state index contributed by atoms with van der Waals surface area (Å²) in [5.74, 6) is 0.493. The van der Waals surface area contributed by atoms with Gasteiger partial charge in [-0.1, -0.05) is 11.6 Å². The first-order valence-electron chi connectivity index (χ1n) is 5.85. The number of nitrogens with two attached hydrogens (primary N) is 1. The highest BCUT2D eigenvalue weighted by Gasteiger charge is 2.10. The van der Waals surface area contributed by atoms with Crippen molar-refractivity contribution in [1.82, 2.24) is 14.5 Å². The second-order valence-corrected chi connectivity index (χ2v) is 5.51. The number of halogens is 2. The van der Waals surface area contributed by atoms with E-state index >= 15 is 0 Å². The number of nitrogen functional groups attached to an aromatic ring is 1. The van der Waals surface area contributed by atoms with Gasteiger partial charge >= 0.3 is 0 Å². The van der Waals surface area contributed by atoms with Crippen molar-refractivity contribution in [2.45, 2.75) is 0 Å². The molecular weight excluding hydrogens is 340 g/mol. The SMILES string of the molecule is Nc1ccc(-c2cncn2-c2ccc(Cl)cc2Br)cn1. The van der Waals surface area contributed by atoms with E-state index in [9.17, 15) is 0 Å². The van der Waals surface area contributed by atoms with Gasteiger partial charge in [0.2, 0.25) is 0 Å². The molecule has 0 saturated carbocycles. The highest BCUT2D eigenvalue weighted by molar-refractivity contribution is 9.10. The van der Waals surface area contributed by atoms with E-state index in [4.69, 9.17) is 17.3 Å².